The number of ether oxygens (including phenoxy) is 2. The number of para-hydroxylation sites is 1. The van der Waals surface area contributed by atoms with Crippen LogP contribution in [-0.2, 0) is 17.6 Å². The van der Waals surface area contributed by atoms with Crippen molar-refractivity contribution >= 4 is 16.8 Å². The average Bonchev–Trinajstić information content (AvgIpc) is 3.09. The van der Waals surface area contributed by atoms with Crippen LogP contribution in [0.2, 0.25) is 0 Å². The number of rotatable bonds is 8. The minimum absolute atomic E-state index is 0.0368. The van der Waals surface area contributed by atoms with Crippen LogP contribution in [0.25, 0.3) is 10.9 Å². The largest absolute Gasteiger partial charge is 0.497 e. The van der Waals surface area contributed by atoms with Crippen LogP contribution in [0, 0.1) is 0 Å². The maximum atomic E-state index is 12.2. The number of aryl methyl sites for hydroxylation is 1. The molecule has 136 valence electrons. The molecule has 3 aromatic rings. The lowest BCUT2D eigenvalue weighted by Crippen LogP contribution is -2.25. The van der Waals surface area contributed by atoms with Crippen LogP contribution in [0.1, 0.15) is 17.5 Å². The summed E-state index contributed by atoms with van der Waals surface area (Å²) in [6, 6.07) is 13.8. The molecule has 0 aliphatic heterocycles. The number of nitrogens with one attached hydrogen (secondary N) is 2. The quantitative estimate of drug-likeness (QED) is 0.652. The Balaban J connectivity index is 1.50. The van der Waals surface area contributed by atoms with Gasteiger partial charge in [0.15, 0.2) is 0 Å². The Labute approximate surface area is 153 Å². The van der Waals surface area contributed by atoms with Crippen LogP contribution in [0.5, 0.6) is 11.5 Å². The van der Waals surface area contributed by atoms with Crippen molar-refractivity contribution in [3.8, 4) is 11.5 Å². The summed E-state index contributed by atoms with van der Waals surface area (Å²) in [4.78, 5) is 15.4. The van der Waals surface area contributed by atoms with Crippen molar-refractivity contribution in [3.63, 3.8) is 0 Å². The summed E-state index contributed by atoms with van der Waals surface area (Å²) in [5, 5.41) is 4.21. The molecule has 0 atom stereocenters. The Morgan fingerprint density at radius 3 is 2.69 bits per heavy atom. The lowest BCUT2D eigenvalue weighted by Gasteiger charge is -2.10. The van der Waals surface area contributed by atoms with Crippen LogP contribution in [-0.4, -0.2) is 31.7 Å². The first kappa shape index (κ1) is 17.9. The number of methoxy groups -OCH3 is 2. The van der Waals surface area contributed by atoms with Gasteiger partial charge in [-0.1, -0.05) is 18.2 Å². The third kappa shape index (κ3) is 4.17. The van der Waals surface area contributed by atoms with Gasteiger partial charge in [0.1, 0.15) is 11.5 Å². The molecule has 0 fully saturated rings. The number of benzene rings is 2. The molecular formula is C21H24N2O3. The summed E-state index contributed by atoms with van der Waals surface area (Å²) in [7, 11) is 3.26. The third-order valence-corrected chi connectivity index (χ3v) is 4.50. The lowest BCUT2D eigenvalue weighted by molar-refractivity contribution is -0.121. The Morgan fingerprint density at radius 2 is 1.88 bits per heavy atom. The van der Waals surface area contributed by atoms with Crippen LogP contribution in [0.15, 0.2) is 48.7 Å². The van der Waals surface area contributed by atoms with Crippen molar-refractivity contribution < 1.29 is 14.3 Å². The fourth-order valence-corrected chi connectivity index (χ4v) is 3.09. The van der Waals surface area contributed by atoms with Crippen molar-refractivity contribution in [1.29, 1.82) is 0 Å². The van der Waals surface area contributed by atoms with Gasteiger partial charge in [0.05, 0.1) is 14.2 Å². The number of carbonyl (C=O) groups is 1. The number of amides is 1. The highest BCUT2D eigenvalue weighted by atomic mass is 16.5. The highest BCUT2D eigenvalue weighted by molar-refractivity contribution is 5.83. The first-order valence-electron chi connectivity index (χ1n) is 8.74. The van der Waals surface area contributed by atoms with E-state index in [1.807, 2.05) is 36.5 Å². The molecule has 2 aromatic carbocycles. The zero-order valence-electron chi connectivity index (χ0n) is 15.2. The molecule has 26 heavy (non-hydrogen) atoms. The molecule has 5 nitrogen and oxygen atoms in total. The van der Waals surface area contributed by atoms with Crippen molar-refractivity contribution in [3.05, 3.63) is 59.8 Å². The number of hydrogen-bond donors (Lipinski definition) is 2. The van der Waals surface area contributed by atoms with Crippen LogP contribution >= 0.6 is 0 Å². The first-order chi connectivity index (χ1) is 12.7. The maximum Gasteiger partial charge on any atom is 0.220 e. The fourth-order valence-electron chi connectivity index (χ4n) is 3.09. The third-order valence-electron chi connectivity index (χ3n) is 4.50. The minimum atomic E-state index is 0.0368. The zero-order valence-corrected chi connectivity index (χ0v) is 15.2. The molecule has 0 saturated heterocycles. The summed E-state index contributed by atoms with van der Waals surface area (Å²) in [6.07, 6.45) is 3.84. The van der Waals surface area contributed by atoms with E-state index in [1.54, 1.807) is 14.2 Å². The van der Waals surface area contributed by atoms with E-state index in [2.05, 4.69) is 22.4 Å². The van der Waals surface area contributed by atoms with Crippen molar-refractivity contribution in [2.75, 3.05) is 20.8 Å². The smallest absolute Gasteiger partial charge is 0.220 e. The standard InChI is InChI=1S/C21H24N2O3/c1-25-17-8-9-20(26-2)15(13-17)7-10-21(24)22-12-11-16-14-23-19-6-4-3-5-18(16)19/h3-6,8-9,13-14,23H,7,10-12H2,1-2H3,(H,22,24). The summed E-state index contributed by atoms with van der Waals surface area (Å²) < 4.78 is 10.6. The summed E-state index contributed by atoms with van der Waals surface area (Å²) in [6.45, 7) is 0.621. The second-order valence-corrected chi connectivity index (χ2v) is 6.14. The molecule has 0 radical (unpaired) electrons. The zero-order chi connectivity index (χ0) is 18.4. The Bertz CT molecular complexity index is 886. The van der Waals surface area contributed by atoms with Crippen molar-refractivity contribution in [2.45, 2.75) is 19.3 Å². The Morgan fingerprint density at radius 1 is 1.04 bits per heavy atom. The Hall–Kier alpha value is -2.95. The molecule has 0 aliphatic carbocycles. The SMILES string of the molecule is COc1ccc(OC)c(CCC(=O)NCCc2c[nH]c3ccccc23)c1. The van der Waals surface area contributed by atoms with Gasteiger partial charge in [0, 0.05) is 30.1 Å². The van der Waals surface area contributed by atoms with Gasteiger partial charge >= 0.3 is 0 Å². The number of aromatic nitrogens is 1. The summed E-state index contributed by atoms with van der Waals surface area (Å²) in [5.41, 5.74) is 3.31. The van der Waals surface area contributed by atoms with Gasteiger partial charge in [-0.15, -0.1) is 0 Å². The average molecular weight is 352 g/mol. The van der Waals surface area contributed by atoms with Gasteiger partial charge in [-0.05, 0) is 48.2 Å². The van der Waals surface area contributed by atoms with Gasteiger partial charge in [0.25, 0.3) is 0 Å². The molecule has 0 spiro atoms. The molecule has 0 bridgehead atoms. The summed E-state index contributed by atoms with van der Waals surface area (Å²) in [5.74, 6) is 1.58. The van der Waals surface area contributed by atoms with Crippen LogP contribution in [0.4, 0.5) is 0 Å². The predicted molar refractivity (Wildman–Crippen MR) is 103 cm³/mol. The molecule has 0 aliphatic rings. The van der Waals surface area contributed by atoms with Gasteiger partial charge in [-0.25, -0.2) is 0 Å². The van der Waals surface area contributed by atoms with E-state index in [-0.39, 0.29) is 5.91 Å². The van der Waals surface area contributed by atoms with E-state index in [0.717, 1.165) is 29.0 Å². The van der Waals surface area contributed by atoms with E-state index < -0.39 is 0 Å². The topological polar surface area (TPSA) is 63.4 Å². The molecule has 2 N–H and O–H groups in total. The van der Waals surface area contributed by atoms with Gasteiger partial charge in [-0.3, -0.25) is 4.79 Å². The van der Waals surface area contributed by atoms with Crippen LogP contribution < -0.4 is 14.8 Å². The molecule has 1 amide bonds. The number of H-pyrrole nitrogens is 1. The molecule has 0 unspecified atom stereocenters. The summed E-state index contributed by atoms with van der Waals surface area (Å²) >= 11 is 0. The molecule has 1 aromatic heterocycles. The van der Waals surface area contributed by atoms with Crippen molar-refractivity contribution in [1.82, 2.24) is 10.3 Å². The Kier molecular flexibility index (Phi) is 5.79. The lowest BCUT2D eigenvalue weighted by atomic mass is 10.1. The second-order valence-electron chi connectivity index (χ2n) is 6.14. The number of hydrogen-bond acceptors (Lipinski definition) is 3. The molecule has 5 heteroatoms. The van der Waals surface area contributed by atoms with Crippen molar-refractivity contribution in [2.24, 2.45) is 0 Å². The highest BCUT2D eigenvalue weighted by Crippen LogP contribution is 2.25. The van der Waals surface area contributed by atoms with E-state index in [0.29, 0.717) is 19.4 Å². The van der Waals surface area contributed by atoms with E-state index in [4.69, 9.17) is 9.47 Å². The fraction of sp³-hybridized carbons (Fsp3) is 0.286. The monoisotopic (exact) mass is 352 g/mol. The van der Waals surface area contributed by atoms with Crippen LogP contribution in [0.3, 0.4) is 0 Å². The minimum Gasteiger partial charge on any atom is -0.497 e. The van der Waals surface area contributed by atoms with E-state index in [1.165, 1.54) is 10.9 Å². The molecular weight excluding hydrogens is 328 g/mol. The molecule has 0 saturated carbocycles. The highest BCUT2D eigenvalue weighted by Gasteiger charge is 2.09. The maximum absolute atomic E-state index is 12.2. The van der Waals surface area contributed by atoms with E-state index in [9.17, 15) is 4.79 Å². The van der Waals surface area contributed by atoms with Gasteiger partial charge in [-0.2, -0.15) is 0 Å². The second kappa shape index (κ2) is 8.43. The predicted octanol–water partition coefficient (Wildman–Crippen LogP) is 3.48. The van der Waals surface area contributed by atoms with Gasteiger partial charge in [0.2, 0.25) is 5.91 Å². The van der Waals surface area contributed by atoms with E-state index >= 15 is 0 Å². The first-order valence-corrected chi connectivity index (χ1v) is 8.74. The number of fused-ring (bicyclic) bond motifs is 1. The molecule has 3 rings (SSSR count). The van der Waals surface area contributed by atoms with Gasteiger partial charge < -0.3 is 19.8 Å². The number of aromatic amines is 1. The molecule has 1 heterocycles. The number of carbonyl (C=O) groups excluding carboxylic acids is 1. The normalized spacial score (nSPS) is 10.7.